The van der Waals surface area contributed by atoms with Gasteiger partial charge in [0.2, 0.25) is 23.6 Å². The fourth-order valence-electron chi connectivity index (χ4n) is 11.2. The van der Waals surface area contributed by atoms with Crippen LogP contribution in [0.5, 0.6) is 0 Å². The number of unbranched alkanes of at least 4 members (excludes halogenated alkanes) is 1. The Balaban J connectivity index is 1.31. The zero-order valence-corrected chi connectivity index (χ0v) is 31.7. The number of sulfonamides is 1. The molecule has 8 atom stereocenters. The summed E-state index contributed by atoms with van der Waals surface area (Å²) in [5.41, 5.74) is 9.39. The Hall–Kier alpha value is -5.40. The molecule has 55 heavy (non-hydrogen) atoms. The molecule has 3 aromatic rings. The average Bonchev–Trinajstić information content (AvgIpc) is 3.90. The molecule has 0 saturated carbocycles. The number of likely N-dealkylation sites (N-methyl/N-ethyl adjacent to an activating group) is 1. The second kappa shape index (κ2) is 12.3. The van der Waals surface area contributed by atoms with E-state index in [1.165, 1.54) is 26.2 Å². The van der Waals surface area contributed by atoms with E-state index in [0.717, 1.165) is 11.1 Å². The van der Waals surface area contributed by atoms with Crippen LogP contribution in [-0.4, -0.2) is 108 Å². The molecule has 0 N–H and O–H groups in total. The summed E-state index contributed by atoms with van der Waals surface area (Å²) in [5, 5.41) is 3.61. The first kappa shape index (κ1) is 35.3. The Morgan fingerprint density at radius 2 is 1.40 bits per heavy atom. The van der Waals surface area contributed by atoms with Crippen molar-refractivity contribution in [1.82, 2.24) is 19.6 Å². The van der Waals surface area contributed by atoms with Gasteiger partial charge in [-0.2, -0.15) is 0 Å². The van der Waals surface area contributed by atoms with Gasteiger partial charge in [-0.3, -0.25) is 19.2 Å². The van der Waals surface area contributed by atoms with Crippen LogP contribution in [0, 0.1) is 0 Å². The Morgan fingerprint density at radius 1 is 0.764 bits per heavy atom. The lowest BCUT2D eigenvalue weighted by Crippen LogP contribution is -2.68. The van der Waals surface area contributed by atoms with Crippen LogP contribution in [0.1, 0.15) is 56.2 Å². The number of piperazine rings is 2. The predicted octanol–water partition coefficient (Wildman–Crippen LogP) is 3.71. The highest BCUT2D eigenvalue weighted by Gasteiger charge is 2.80. The van der Waals surface area contributed by atoms with E-state index in [-0.39, 0.29) is 54.5 Å². The van der Waals surface area contributed by atoms with Gasteiger partial charge in [0.25, 0.3) is 10.0 Å². The number of carbonyl (C=O) groups excluding carboxylic acids is 4. The first-order chi connectivity index (χ1) is 26.4. The quantitative estimate of drug-likeness (QED) is 0.147. The maximum Gasteiger partial charge on any atom is 0.266 e. The summed E-state index contributed by atoms with van der Waals surface area (Å²) in [6.45, 7) is 3.93. The van der Waals surface area contributed by atoms with Crippen molar-refractivity contribution in [2.75, 3.05) is 24.4 Å². The maximum absolute atomic E-state index is 15.2. The first-order valence-electron chi connectivity index (χ1n) is 18.9. The molecule has 0 bridgehead atoms. The molecule has 0 unspecified atom stereocenters. The minimum Gasteiger partial charge on any atom is -0.332 e. The lowest BCUT2D eigenvalue weighted by atomic mass is 9.53. The van der Waals surface area contributed by atoms with E-state index in [1.54, 1.807) is 61.0 Å². The van der Waals surface area contributed by atoms with Crippen molar-refractivity contribution in [1.29, 1.82) is 0 Å². The molecule has 4 amide bonds. The van der Waals surface area contributed by atoms with E-state index >= 15 is 13.2 Å². The minimum absolute atomic E-state index is 0.0417. The third-order valence-electron chi connectivity index (χ3n) is 13.6. The largest absolute Gasteiger partial charge is 0.332 e. The third-order valence-corrected chi connectivity index (χ3v) is 15.4. The Bertz CT molecular complexity index is 2320. The molecule has 4 saturated heterocycles. The van der Waals surface area contributed by atoms with Crippen LogP contribution in [0.3, 0.4) is 0 Å². The second-order valence-electron chi connectivity index (χ2n) is 15.7. The molecular weight excluding hydrogens is 721 g/mol. The lowest BCUT2D eigenvalue weighted by Gasteiger charge is -2.50. The Kier molecular flexibility index (Phi) is 7.90. The van der Waals surface area contributed by atoms with E-state index in [0.29, 0.717) is 30.5 Å². The van der Waals surface area contributed by atoms with Crippen LogP contribution in [0.2, 0.25) is 0 Å². The van der Waals surface area contributed by atoms with Gasteiger partial charge in [-0.05, 0) is 86.4 Å². The highest BCUT2D eigenvalue weighted by Crippen LogP contribution is 2.71. The van der Waals surface area contributed by atoms with Crippen molar-refractivity contribution < 1.29 is 27.6 Å². The summed E-state index contributed by atoms with van der Waals surface area (Å²) >= 11 is 0. The van der Waals surface area contributed by atoms with E-state index < -0.39 is 57.2 Å². The number of benzene rings is 3. The van der Waals surface area contributed by atoms with Crippen molar-refractivity contribution in [3.63, 3.8) is 0 Å². The van der Waals surface area contributed by atoms with Crippen LogP contribution < -0.4 is 4.31 Å². The molecule has 5 aliphatic heterocycles. The number of azide groups is 1. The predicted molar refractivity (Wildman–Crippen MR) is 201 cm³/mol. The lowest BCUT2D eigenvalue weighted by molar-refractivity contribution is -0.160. The number of hydrogen-bond acceptors (Lipinski definition) is 7. The van der Waals surface area contributed by atoms with Crippen molar-refractivity contribution >= 4 is 39.3 Å². The average molecular weight is 763 g/mol. The van der Waals surface area contributed by atoms with Crippen LogP contribution in [0.25, 0.3) is 10.4 Å². The van der Waals surface area contributed by atoms with Gasteiger partial charge in [0.1, 0.15) is 30.3 Å². The normalized spacial score (nSPS) is 31.9. The summed E-state index contributed by atoms with van der Waals surface area (Å²) < 4.78 is 31.9. The van der Waals surface area contributed by atoms with E-state index in [2.05, 4.69) is 10.0 Å². The smallest absolute Gasteiger partial charge is 0.266 e. The van der Waals surface area contributed by atoms with Gasteiger partial charge in [-0.15, -0.1) is 0 Å². The number of para-hydroxylation sites is 1. The number of rotatable bonds is 8. The molecule has 14 nitrogen and oxygen atoms in total. The molecule has 15 heteroatoms. The summed E-state index contributed by atoms with van der Waals surface area (Å²) in [6.07, 6.45) is 0.557. The van der Waals surface area contributed by atoms with Crippen molar-refractivity contribution in [2.24, 2.45) is 5.11 Å². The number of anilines is 1. The SMILES string of the molecule is C[C@H]1C(=O)N2[C@H]3Cc4ccccc4[C@@]3([C@]34C[C@H]5C(=O)N(CCCCN=[N+]=[N-])[C@@H](C)C(=O)N5[C@H]3N(S(=O)(=O)c3ccccc3)c3ccccc34)C[C@H]2C(=O)N1C. The number of fused-ring (bicyclic) bond motifs is 11. The van der Waals surface area contributed by atoms with Crippen LogP contribution in [0.4, 0.5) is 5.69 Å². The molecular formula is C40H42N8O6S. The second-order valence-corrected chi connectivity index (χ2v) is 17.6. The van der Waals surface area contributed by atoms with Gasteiger partial charge in [0.05, 0.1) is 16.0 Å². The van der Waals surface area contributed by atoms with Gasteiger partial charge in [-0.1, -0.05) is 65.8 Å². The molecule has 3 aromatic carbocycles. The monoisotopic (exact) mass is 762 g/mol. The van der Waals surface area contributed by atoms with E-state index in [9.17, 15) is 14.4 Å². The van der Waals surface area contributed by atoms with Crippen molar-refractivity contribution in [2.45, 2.75) is 98.1 Å². The number of carbonyl (C=O) groups is 4. The highest BCUT2D eigenvalue weighted by molar-refractivity contribution is 7.93. The van der Waals surface area contributed by atoms with Gasteiger partial charge in [0.15, 0.2) is 0 Å². The summed E-state index contributed by atoms with van der Waals surface area (Å²) in [4.78, 5) is 68.0. The molecule has 4 fully saturated rings. The number of amides is 4. The fraction of sp³-hybridized carbons (Fsp3) is 0.450. The first-order valence-corrected chi connectivity index (χ1v) is 20.4. The minimum atomic E-state index is -4.37. The molecule has 6 aliphatic rings. The van der Waals surface area contributed by atoms with E-state index in [4.69, 9.17) is 5.53 Å². The zero-order valence-electron chi connectivity index (χ0n) is 30.9. The van der Waals surface area contributed by atoms with Crippen molar-refractivity contribution in [3.05, 3.63) is 106 Å². The summed E-state index contributed by atoms with van der Waals surface area (Å²) in [5.74, 6) is -1.02. The molecule has 9 rings (SSSR count). The molecule has 284 valence electrons. The standard InChI is InChI=1S/C40H42N8O6S/c1-24-34(49)46-31(36(51)44(24)3)22-39(28-16-8-7-13-26(28)21-33(39)46)40-23-32-37(52)45(20-12-11-19-42-43-41)25(2)35(50)47(32)38(40)48(30-18-10-9-17-29(30)40)55(53,54)27-14-5-4-6-15-27/h4-10,13-18,24-25,31-33,38H,11-12,19-23H2,1-3H3/t24-,25-,31-,32-,33-,38-,39-,40-/m0/s1. The molecule has 1 aliphatic carbocycles. The Morgan fingerprint density at radius 3 is 2.15 bits per heavy atom. The topological polar surface area (TPSA) is 167 Å². The molecule has 5 heterocycles. The van der Waals surface area contributed by atoms with Crippen LogP contribution in [-0.2, 0) is 46.5 Å². The van der Waals surface area contributed by atoms with E-state index in [1.807, 2.05) is 36.4 Å². The molecule has 0 spiro atoms. The van der Waals surface area contributed by atoms with Crippen LogP contribution >= 0.6 is 0 Å². The van der Waals surface area contributed by atoms with Crippen LogP contribution in [0.15, 0.2) is 88.9 Å². The molecule has 0 radical (unpaired) electrons. The third kappa shape index (κ3) is 4.42. The number of nitrogens with zero attached hydrogens (tertiary/aromatic N) is 8. The van der Waals surface area contributed by atoms with Gasteiger partial charge in [0, 0.05) is 36.5 Å². The molecule has 0 aromatic heterocycles. The summed E-state index contributed by atoms with van der Waals surface area (Å²) in [6, 6.07) is 19.4. The highest BCUT2D eigenvalue weighted by atomic mass is 32.2. The van der Waals surface area contributed by atoms with Crippen molar-refractivity contribution in [3.8, 4) is 0 Å². The van der Waals surface area contributed by atoms with Gasteiger partial charge >= 0.3 is 0 Å². The van der Waals surface area contributed by atoms with Gasteiger partial charge in [-0.25, -0.2) is 12.7 Å². The summed E-state index contributed by atoms with van der Waals surface area (Å²) in [7, 11) is -2.73. The fourth-order valence-corrected chi connectivity index (χ4v) is 12.9. The number of hydrogen-bond donors (Lipinski definition) is 0. The zero-order chi connectivity index (χ0) is 38.6. The van der Waals surface area contributed by atoms with Gasteiger partial charge < -0.3 is 19.6 Å². The Labute approximate surface area is 319 Å². The maximum atomic E-state index is 15.2.